The van der Waals surface area contributed by atoms with Crippen molar-refractivity contribution in [3.05, 3.63) is 41.8 Å². The van der Waals surface area contributed by atoms with Crippen molar-refractivity contribution in [1.82, 2.24) is 15.2 Å². The van der Waals surface area contributed by atoms with Crippen LogP contribution >= 0.6 is 0 Å². The maximum absolute atomic E-state index is 13.8. The van der Waals surface area contributed by atoms with Crippen LogP contribution in [-0.2, 0) is 4.79 Å². The Bertz CT molecular complexity index is 881. The van der Waals surface area contributed by atoms with Gasteiger partial charge in [-0.2, -0.15) is 0 Å². The Morgan fingerprint density at radius 1 is 1.21 bits per heavy atom. The first kappa shape index (κ1) is 19.3. The average molecular weight is 384 g/mol. The van der Waals surface area contributed by atoms with E-state index in [9.17, 15) is 9.18 Å². The summed E-state index contributed by atoms with van der Waals surface area (Å²) >= 11 is 0. The van der Waals surface area contributed by atoms with Gasteiger partial charge in [-0.3, -0.25) is 14.7 Å². The molecule has 1 saturated carbocycles. The van der Waals surface area contributed by atoms with E-state index in [1.165, 1.54) is 11.6 Å². The second-order valence-corrected chi connectivity index (χ2v) is 9.34. The number of nitrogens with zero attached hydrogens (tertiary/aromatic N) is 2. The highest BCUT2D eigenvalue weighted by Gasteiger charge is 2.47. The van der Waals surface area contributed by atoms with Gasteiger partial charge in [-0.25, -0.2) is 4.39 Å². The van der Waals surface area contributed by atoms with Gasteiger partial charge in [0.2, 0.25) is 5.91 Å². The first-order chi connectivity index (χ1) is 13.3. The highest BCUT2D eigenvalue weighted by atomic mass is 19.1. The molecule has 2 fully saturated rings. The quantitative estimate of drug-likeness (QED) is 0.864. The van der Waals surface area contributed by atoms with Gasteiger partial charge in [0.1, 0.15) is 5.82 Å². The van der Waals surface area contributed by atoms with E-state index in [0.717, 1.165) is 36.8 Å². The van der Waals surface area contributed by atoms with E-state index < -0.39 is 5.54 Å². The molecule has 0 spiro atoms. The normalized spacial score (nSPS) is 25.4. The molecule has 1 saturated heterocycles. The third-order valence-corrected chi connectivity index (χ3v) is 6.69. The van der Waals surface area contributed by atoms with Crippen molar-refractivity contribution in [1.29, 1.82) is 0 Å². The second kappa shape index (κ2) is 7.11. The zero-order chi connectivity index (χ0) is 20.1. The van der Waals surface area contributed by atoms with Crippen LogP contribution in [0.4, 0.5) is 4.39 Å². The third-order valence-electron chi connectivity index (χ3n) is 6.69. The Balaban J connectivity index is 1.49. The molecule has 2 aliphatic rings. The summed E-state index contributed by atoms with van der Waals surface area (Å²) in [5.41, 5.74) is 1.60. The number of nitrogens with one attached hydrogen (secondary N) is 1. The van der Waals surface area contributed by atoms with Gasteiger partial charge < -0.3 is 5.32 Å². The largest absolute Gasteiger partial charge is 0.352 e. The lowest BCUT2D eigenvalue weighted by atomic mass is 9.92. The lowest BCUT2D eigenvalue weighted by molar-refractivity contribution is -0.131. The molecule has 0 bridgehead atoms. The van der Waals surface area contributed by atoms with Crippen LogP contribution in [0.25, 0.3) is 10.9 Å². The number of amides is 1. The predicted octanol–water partition coefficient (Wildman–Crippen LogP) is 4.10. The fourth-order valence-electron chi connectivity index (χ4n) is 5.09. The summed E-state index contributed by atoms with van der Waals surface area (Å²) in [4.78, 5) is 19.4. The molecule has 5 heteroatoms. The lowest BCUT2D eigenvalue weighted by Crippen LogP contribution is -2.55. The van der Waals surface area contributed by atoms with Crippen molar-refractivity contribution < 1.29 is 9.18 Å². The molecule has 150 valence electrons. The average Bonchev–Trinajstić information content (AvgIpc) is 3.20. The highest BCUT2D eigenvalue weighted by molar-refractivity contribution is 5.85. The number of halogens is 1. The van der Waals surface area contributed by atoms with Gasteiger partial charge >= 0.3 is 0 Å². The summed E-state index contributed by atoms with van der Waals surface area (Å²) in [6.45, 7) is 9.97. The predicted molar refractivity (Wildman–Crippen MR) is 110 cm³/mol. The number of rotatable bonds is 4. The van der Waals surface area contributed by atoms with E-state index in [0.29, 0.717) is 17.8 Å². The van der Waals surface area contributed by atoms with E-state index >= 15 is 0 Å². The minimum Gasteiger partial charge on any atom is -0.352 e. The molecule has 0 radical (unpaired) electrons. The minimum atomic E-state index is -0.489. The maximum atomic E-state index is 13.8. The van der Waals surface area contributed by atoms with Crippen LogP contribution in [0.1, 0.15) is 52.0 Å². The maximum Gasteiger partial charge on any atom is 0.240 e. The number of fused-ring (bicyclic) bond motifs is 2. The van der Waals surface area contributed by atoms with Crippen LogP contribution in [0.5, 0.6) is 0 Å². The first-order valence-electron chi connectivity index (χ1n) is 10.4. The first-order valence-corrected chi connectivity index (χ1v) is 10.4. The summed E-state index contributed by atoms with van der Waals surface area (Å²) in [5.74, 6) is 1.52. The molecule has 1 N–H and O–H groups in total. The van der Waals surface area contributed by atoms with Gasteiger partial charge in [0.25, 0.3) is 0 Å². The van der Waals surface area contributed by atoms with E-state index in [1.807, 2.05) is 33.9 Å². The number of benzene rings is 1. The van der Waals surface area contributed by atoms with Crippen LogP contribution in [0.3, 0.4) is 0 Å². The highest BCUT2D eigenvalue weighted by Crippen LogP contribution is 2.48. The SMILES string of the molecule is CC(C)NC(=O)C(C)(C)N1C[C@H]2CC(c3ccnc4ccc(F)cc34)C[C@H]2C1. The summed E-state index contributed by atoms with van der Waals surface area (Å²) in [7, 11) is 0. The van der Waals surface area contributed by atoms with Gasteiger partial charge in [0.15, 0.2) is 0 Å². The van der Waals surface area contributed by atoms with E-state index in [1.54, 1.807) is 12.1 Å². The minimum absolute atomic E-state index is 0.106. The van der Waals surface area contributed by atoms with Crippen LogP contribution in [0, 0.1) is 17.7 Å². The summed E-state index contributed by atoms with van der Waals surface area (Å²) in [5, 5.41) is 4.01. The molecule has 1 amide bonds. The van der Waals surface area contributed by atoms with Gasteiger partial charge in [0, 0.05) is 30.7 Å². The van der Waals surface area contributed by atoms with Crippen LogP contribution in [0.15, 0.2) is 30.5 Å². The van der Waals surface area contributed by atoms with Crippen molar-refractivity contribution in [3.63, 3.8) is 0 Å². The number of hydrogen-bond donors (Lipinski definition) is 1. The van der Waals surface area contributed by atoms with Crippen molar-refractivity contribution in [2.75, 3.05) is 13.1 Å². The standard InChI is InChI=1S/C23H30FN3O/c1-14(2)26-22(28)23(3,4)27-12-16-9-15(10-17(16)13-27)19-7-8-25-21-6-5-18(24)11-20(19)21/h5-8,11,14-17H,9-10,12-13H2,1-4H3,(H,26,28)/t15?,16-,17+. The van der Waals surface area contributed by atoms with Gasteiger partial charge in [-0.1, -0.05) is 0 Å². The molecule has 4 nitrogen and oxygen atoms in total. The van der Waals surface area contributed by atoms with E-state index in [4.69, 9.17) is 0 Å². The molecular weight excluding hydrogens is 353 g/mol. The second-order valence-electron chi connectivity index (χ2n) is 9.34. The van der Waals surface area contributed by atoms with Crippen LogP contribution in [0.2, 0.25) is 0 Å². The van der Waals surface area contributed by atoms with E-state index in [2.05, 4.69) is 21.3 Å². The smallest absolute Gasteiger partial charge is 0.240 e. The van der Waals surface area contributed by atoms with Crippen LogP contribution < -0.4 is 5.32 Å². The Hall–Kier alpha value is -2.01. The molecule has 2 heterocycles. The molecule has 28 heavy (non-hydrogen) atoms. The van der Waals surface area contributed by atoms with Crippen molar-refractivity contribution in [3.8, 4) is 0 Å². The molecule has 3 atom stereocenters. The summed E-state index contributed by atoms with van der Waals surface area (Å²) in [6, 6.07) is 7.08. The molecule has 2 aromatic rings. The summed E-state index contributed by atoms with van der Waals surface area (Å²) in [6.07, 6.45) is 4.03. The zero-order valence-electron chi connectivity index (χ0n) is 17.2. The molecule has 1 aromatic heterocycles. The lowest BCUT2D eigenvalue weighted by Gasteiger charge is -2.35. The topological polar surface area (TPSA) is 45.2 Å². The zero-order valence-corrected chi connectivity index (χ0v) is 17.2. The Morgan fingerprint density at radius 3 is 2.54 bits per heavy atom. The number of carbonyl (C=O) groups is 1. The van der Waals surface area contributed by atoms with Crippen molar-refractivity contribution >= 4 is 16.8 Å². The van der Waals surface area contributed by atoms with E-state index in [-0.39, 0.29) is 17.8 Å². The van der Waals surface area contributed by atoms with Gasteiger partial charge in [-0.05, 0) is 88.1 Å². The fourth-order valence-corrected chi connectivity index (χ4v) is 5.09. The molecule has 1 aliphatic heterocycles. The Labute approximate surface area is 166 Å². The monoisotopic (exact) mass is 383 g/mol. The number of carbonyl (C=O) groups excluding carboxylic acids is 1. The Morgan fingerprint density at radius 2 is 1.89 bits per heavy atom. The fraction of sp³-hybridized carbons (Fsp3) is 0.565. The summed E-state index contributed by atoms with van der Waals surface area (Å²) < 4.78 is 13.8. The van der Waals surface area contributed by atoms with Crippen molar-refractivity contribution in [2.45, 2.75) is 58.0 Å². The van der Waals surface area contributed by atoms with Crippen molar-refractivity contribution in [2.24, 2.45) is 11.8 Å². The Kier molecular flexibility index (Phi) is 4.90. The molecular formula is C23H30FN3O. The number of likely N-dealkylation sites (tertiary alicyclic amines) is 1. The molecule has 1 aromatic carbocycles. The van der Waals surface area contributed by atoms with Crippen LogP contribution in [-0.4, -0.2) is 40.5 Å². The molecule has 1 unspecified atom stereocenters. The third kappa shape index (κ3) is 3.41. The van der Waals surface area contributed by atoms with Gasteiger partial charge in [0.05, 0.1) is 11.1 Å². The molecule has 4 rings (SSSR count). The molecule has 1 aliphatic carbocycles. The number of aromatic nitrogens is 1. The number of hydrogen-bond acceptors (Lipinski definition) is 3. The number of pyridine rings is 1. The van der Waals surface area contributed by atoms with Gasteiger partial charge in [-0.15, -0.1) is 0 Å².